The van der Waals surface area contributed by atoms with E-state index in [1.807, 2.05) is 0 Å². The molecule has 2 nitrogen and oxygen atoms in total. The van der Waals surface area contributed by atoms with E-state index in [1.54, 1.807) is 0 Å². The molecule has 174 valence electrons. The average molecular weight is 545 g/mol. The maximum atomic E-state index is 13.9. The largest absolute Gasteiger partial charge is 1.00 e. The number of halogens is 3. The van der Waals surface area contributed by atoms with Crippen LogP contribution in [0.3, 0.4) is 0 Å². The maximum Gasteiger partial charge on any atom is 0.132 e. The van der Waals surface area contributed by atoms with E-state index in [4.69, 9.17) is 4.74 Å². The Kier molecular flexibility index (Phi) is 10.6. The average Bonchev–Trinajstić information content (AvgIpc) is 2.57. The first kappa shape index (κ1) is 28.0. The zero-order valence-electron chi connectivity index (χ0n) is 20.1. The molecule has 5 heteroatoms. The van der Waals surface area contributed by atoms with Gasteiger partial charge in [0.05, 0.1) is 20.6 Å². The zero-order chi connectivity index (χ0) is 22.5. The second-order valence-corrected chi connectivity index (χ2v) is 10.3. The van der Waals surface area contributed by atoms with Gasteiger partial charge in [-0.15, -0.1) is 0 Å². The van der Waals surface area contributed by atoms with E-state index in [9.17, 15) is 8.78 Å². The van der Waals surface area contributed by atoms with Gasteiger partial charge in [-0.1, -0.05) is 45.0 Å². The summed E-state index contributed by atoms with van der Waals surface area (Å²) in [4.78, 5) is 0. The summed E-state index contributed by atoms with van der Waals surface area (Å²) >= 11 is 0. The number of ether oxygens (including phenoxy) is 1. The Labute approximate surface area is 204 Å². The van der Waals surface area contributed by atoms with Crippen LogP contribution in [0.15, 0.2) is 36.4 Å². The molecule has 0 saturated carbocycles. The van der Waals surface area contributed by atoms with E-state index < -0.39 is 11.6 Å². The molecule has 1 atom stereocenters. The minimum absolute atomic E-state index is 0. The van der Waals surface area contributed by atoms with Crippen molar-refractivity contribution in [3.05, 3.63) is 70.3 Å². The minimum atomic E-state index is -0.482. The molecule has 0 N–H and O–H groups in total. The summed E-state index contributed by atoms with van der Waals surface area (Å²) < 4.78 is 35.0. The van der Waals surface area contributed by atoms with E-state index >= 15 is 0 Å². The maximum absolute atomic E-state index is 13.9. The molecule has 0 radical (unpaired) electrons. The molecule has 2 rings (SSSR count). The lowest BCUT2D eigenvalue weighted by Gasteiger charge is -2.38. The summed E-state index contributed by atoms with van der Waals surface area (Å²) in [6, 6.07) is 10.3. The van der Waals surface area contributed by atoms with Crippen LogP contribution < -0.4 is 24.0 Å². The van der Waals surface area contributed by atoms with Gasteiger partial charge in [0, 0.05) is 17.6 Å². The highest BCUT2D eigenvalue weighted by atomic mass is 127. The van der Waals surface area contributed by atoms with Crippen molar-refractivity contribution in [3.8, 4) is 0 Å². The fraction of sp³-hybridized carbons (Fsp3) is 0.538. The van der Waals surface area contributed by atoms with Gasteiger partial charge in [0.15, 0.2) is 0 Å². The normalized spacial score (nSPS) is 13.1. The third-order valence-electron chi connectivity index (χ3n) is 5.38. The van der Waals surface area contributed by atoms with Crippen molar-refractivity contribution in [1.29, 1.82) is 0 Å². The Morgan fingerprint density at radius 2 is 1.45 bits per heavy atom. The number of nitrogens with zero attached hydrogens (tertiary/aromatic N) is 1. The predicted molar refractivity (Wildman–Crippen MR) is 121 cm³/mol. The zero-order valence-corrected chi connectivity index (χ0v) is 22.2. The molecule has 31 heavy (non-hydrogen) atoms. The first-order valence-electron chi connectivity index (χ1n) is 10.8. The molecule has 2 aromatic carbocycles. The van der Waals surface area contributed by atoms with E-state index in [0.29, 0.717) is 19.4 Å². The van der Waals surface area contributed by atoms with Gasteiger partial charge < -0.3 is 33.2 Å². The second-order valence-electron chi connectivity index (χ2n) is 10.3. The summed E-state index contributed by atoms with van der Waals surface area (Å²) in [7, 11) is 4.48. The van der Waals surface area contributed by atoms with Gasteiger partial charge in [-0.3, -0.25) is 0 Å². The van der Waals surface area contributed by atoms with Gasteiger partial charge in [0.2, 0.25) is 0 Å². The molecule has 0 aliphatic rings. The molecule has 0 amide bonds. The lowest BCUT2D eigenvalue weighted by Crippen LogP contribution is -3.00. The van der Waals surface area contributed by atoms with Crippen LogP contribution in [-0.2, 0) is 11.2 Å². The third kappa shape index (κ3) is 8.78. The van der Waals surface area contributed by atoms with Crippen LogP contribution in [0.25, 0.3) is 0 Å². The standard InChI is InChI=1S/C26H38F2NO.HI/c1-19-11-8-12-20(2)25(19)24(17-29(6,7)18-26(3,4)5)30-16-10-13-21-22(27)14-9-15-23(21)28;/h8-9,11-12,14-15,24H,10,13,16-18H2,1-7H3;1H/q+1;/p-1. The first-order valence-corrected chi connectivity index (χ1v) is 10.8. The Hall–Kier alpha value is -1.05. The Morgan fingerprint density at radius 3 is 1.97 bits per heavy atom. The first-order chi connectivity index (χ1) is 13.9. The molecule has 0 saturated heterocycles. The van der Waals surface area contributed by atoms with Gasteiger partial charge in [-0.25, -0.2) is 8.78 Å². The van der Waals surface area contributed by atoms with Gasteiger partial charge in [0.25, 0.3) is 0 Å². The number of benzene rings is 2. The summed E-state index contributed by atoms with van der Waals surface area (Å²) in [5.74, 6) is -0.964. The number of likely N-dealkylation sites (N-methyl/N-ethyl adjacent to an activating group) is 1. The van der Waals surface area contributed by atoms with Crippen molar-refractivity contribution in [3.63, 3.8) is 0 Å². The Morgan fingerprint density at radius 1 is 0.935 bits per heavy atom. The van der Waals surface area contributed by atoms with Gasteiger partial charge in [0.1, 0.15) is 24.3 Å². The highest BCUT2D eigenvalue weighted by molar-refractivity contribution is 5.35. The van der Waals surface area contributed by atoms with Crippen molar-refractivity contribution in [2.45, 2.75) is 53.6 Å². The summed E-state index contributed by atoms with van der Waals surface area (Å²) in [6.07, 6.45) is 0.846. The van der Waals surface area contributed by atoms with Crippen LogP contribution in [0.4, 0.5) is 8.78 Å². The number of hydrogen-bond donors (Lipinski definition) is 0. The lowest BCUT2D eigenvalue weighted by atomic mass is 9.93. The lowest BCUT2D eigenvalue weighted by molar-refractivity contribution is -0.900. The van der Waals surface area contributed by atoms with Crippen molar-refractivity contribution in [2.75, 3.05) is 33.8 Å². The highest BCUT2D eigenvalue weighted by Crippen LogP contribution is 2.29. The van der Waals surface area contributed by atoms with E-state index in [-0.39, 0.29) is 41.1 Å². The molecule has 0 spiro atoms. The number of aryl methyl sites for hydroxylation is 2. The van der Waals surface area contributed by atoms with Crippen LogP contribution >= 0.6 is 0 Å². The summed E-state index contributed by atoms with van der Waals surface area (Å²) in [5, 5.41) is 0. The summed E-state index contributed by atoms with van der Waals surface area (Å²) in [5.41, 5.74) is 4.02. The van der Waals surface area contributed by atoms with Crippen LogP contribution in [0.5, 0.6) is 0 Å². The Bertz CT molecular complexity index is 805. The Balaban J connectivity index is 0.00000480. The quantitative estimate of drug-likeness (QED) is 0.267. The van der Waals surface area contributed by atoms with Crippen molar-refractivity contribution < 1.29 is 42.0 Å². The highest BCUT2D eigenvalue weighted by Gasteiger charge is 2.30. The van der Waals surface area contributed by atoms with E-state index in [1.165, 1.54) is 34.9 Å². The van der Waals surface area contributed by atoms with E-state index in [2.05, 4.69) is 66.9 Å². The molecule has 0 aliphatic carbocycles. The second kappa shape index (κ2) is 11.7. The van der Waals surface area contributed by atoms with Crippen molar-refractivity contribution in [2.24, 2.45) is 5.41 Å². The van der Waals surface area contributed by atoms with Gasteiger partial charge >= 0.3 is 0 Å². The SMILES string of the molecule is Cc1cccc(C)c1C(C[N+](C)(C)CC(C)(C)C)OCCCc1c(F)cccc1F.[I-]. The molecule has 0 bridgehead atoms. The monoisotopic (exact) mass is 545 g/mol. The number of quaternary nitrogens is 1. The minimum Gasteiger partial charge on any atom is -1.00 e. The fourth-order valence-electron chi connectivity index (χ4n) is 4.61. The molecule has 0 heterocycles. The molecular weight excluding hydrogens is 507 g/mol. The molecule has 2 aromatic rings. The van der Waals surface area contributed by atoms with Crippen LogP contribution in [0, 0.1) is 30.9 Å². The topological polar surface area (TPSA) is 9.23 Å². The van der Waals surface area contributed by atoms with Crippen LogP contribution in [-0.4, -0.2) is 38.3 Å². The number of rotatable bonds is 9. The van der Waals surface area contributed by atoms with Crippen molar-refractivity contribution in [1.82, 2.24) is 0 Å². The fourth-order valence-corrected chi connectivity index (χ4v) is 4.61. The summed E-state index contributed by atoms with van der Waals surface area (Å²) in [6.45, 7) is 13.3. The van der Waals surface area contributed by atoms with Gasteiger partial charge in [-0.05, 0) is 55.5 Å². The van der Waals surface area contributed by atoms with Gasteiger partial charge in [-0.2, -0.15) is 0 Å². The molecular formula is C26H38F2INO. The van der Waals surface area contributed by atoms with E-state index in [0.717, 1.165) is 17.6 Å². The van der Waals surface area contributed by atoms with Crippen LogP contribution in [0.2, 0.25) is 0 Å². The molecule has 0 aliphatic heterocycles. The molecule has 0 fully saturated rings. The predicted octanol–water partition coefficient (Wildman–Crippen LogP) is 3.40. The third-order valence-corrected chi connectivity index (χ3v) is 5.38. The van der Waals surface area contributed by atoms with Crippen LogP contribution in [0.1, 0.15) is 55.5 Å². The van der Waals surface area contributed by atoms with Crippen molar-refractivity contribution >= 4 is 0 Å². The molecule has 0 aromatic heterocycles. The molecule has 1 unspecified atom stereocenters. The smallest absolute Gasteiger partial charge is 0.132 e. The number of hydrogen-bond acceptors (Lipinski definition) is 1.